The average molecular weight is 275 g/mol. The summed E-state index contributed by atoms with van der Waals surface area (Å²) in [5, 5.41) is 19.4. The predicted molar refractivity (Wildman–Crippen MR) is 67.7 cm³/mol. The lowest BCUT2D eigenvalue weighted by atomic mass is 10.2. The molecule has 0 atom stereocenters. The molecule has 0 saturated carbocycles. The first kappa shape index (κ1) is 13.4. The monoisotopic (exact) mass is 275 g/mol. The molecule has 8 nitrogen and oxygen atoms in total. The molecule has 0 radical (unpaired) electrons. The van der Waals surface area contributed by atoms with Gasteiger partial charge >= 0.3 is 11.7 Å². The highest BCUT2D eigenvalue weighted by atomic mass is 16.6. The smallest absolute Gasteiger partial charge is 0.337 e. The highest BCUT2D eigenvalue weighted by molar-refractivity contribution is 5.87. The molecule has 2 aromatic rings. The zero-order valence-corrected chi connectivity index (χ0v) is 10.1. The molecule has 2 aromatic heterocycles. The Kier molecular flexibility index (Phi) is 3.56. The number of rotatable bonds is 4. The van der Waals surface area contributed by atoms with Crippen molar-refractivity contribution in [1.82, 2.24) is 9.55 Å². The summed E-state index contributed by atoms with van der Waals surface area (Å²) in [6, 6.07) is 4.00. The fourth-order valence-electron chi connectivity index (χ4n) is 1.58. The summed E-state index contributed by atoms with van der Waals surface area (Å²) in [7, 11) is 0. The summed E-state index contributed by atoms with van der Waals surface area (Å²) in [6.07, 6.45) is 3.73. The molecule has 0 saturated heterocycles. The molecule has 0 spiro atoms. The van der Waals surface area contributed by atoms with E-state index < -0.39 is 22.0 Å². The van der Waals surface area contributed by atoms with Gasteiger partial charge in [0.05, 0.1) is 28.9 Å². The van der Waals surface area contributed by atoms with Crippen LogP contribution in [0.4, 0.5) is 5.69 Å². The normalized spacial score (nSPS) is 10.2. The van der Waals surface area contributed by atoms with Gasteiger partial charge in [-0.2, -0.15) is 0 Å². The molecule has 0 aliphatic carbocycles. The van der Waals surface area contributed by atoms with Crippen molar-refractivity contribution in [2.45, 2.75) is 6.54 Å². The summed E-state index contributed by atoms with van der Waals surface area (Å²) in [5.41, 5.74) is -0.609. The molecular weight excluding hydrogens is 266 g/mol. The van der Waals surface area contributed by atoms with Crippen LogP contribution in [-0.4, -0.2) is 25.6 Å². The third-order valence-electron chi connectivity index (χ3n) is 2.57. The van der Waals surface area contributed by atoms with Crippen molar-refractivity contribution in [3.8, 4) is 0 Å². The van der Waals surface area contributed by atoms with E-state index in [4.69, 9.17) is 5.11 Å². The van der Waals surface area contributed by atoms with Crippen molar-refractivity contribution in [2.75, 3.05) is 0 Å². The summed E-state index contributed by atoms with van der Waals surface area (Å²) >= 11 is 0. The Hall–Kier alpha value is -3.03. The van der Waals surface area contributed by atoms with Crippen LogP contribution in [0.1, 0.15) is 16.1 Å². The molecule has 1 N–H and O–H groups in total. The highest BCUT2D eigenvalue weighted by Gasteiger charge is 2.12. The minimum absolute atomic E-state index is 0.0552. The Balaban J connectivity index is 2.26. The van der Waals surface area contributed by atoms with Gasteiger partial charge in [-0.25, -0.2) is 4.79 Å². The number of hydrogen-bond donors (Lipinski definition) is 1. The fourth-order valence-corrected chi connectivity index (χ4v) is 1.58. The van der Waals surface area contributed by atoms with E-state index in [0.29, 0.717) is 5.69 Å². The van der Waals surface area contributed by atoms with Crippen LogP contribution in [0.3, 0.4) is 0 Å². The van der Waals surface area contributed by atoms with Crippen LogP contribution >= 0.6 is 0 Å². The Morgan fingerprint density at radius 1 is 1.40 bits per heavy atom. The number of aromatic nitrogens is 2. The maximum Gasteiger partial charge on any atom is 0.337 e. The van der Waals surface area contributed by atoms with Gasteiger partial charge in [-0.3, -0.25) is 19.9 Å². The standard InChI is InChI=1S/C12H9N3O5/c16-11-3-4-14(7-10(11)15(19)20)6-9-2-1-8(5-13-9)12(17)18/h1-5,7H,6H2,(H,17,18). The second-order valence-electron chi connectivity index (χ2n) is 3.97. The minimum atomic E-state index is -1.08. The summed E-state index contributed by atoms with van der Waals surface area (Å²) in [5.74, 6) is -1.08. The van der Waals surface area contributed by atoms with E-state index in [-0.39, 0.29) is 12.1 Å². The lowest BCUT2D eigenvalue weighted by Gasteiger charge is -2.05. The molecule has 0 aliphatic rings. The third kappa shape index (κ3) is 2.86. The van der Waals surface area contributed by atoms with E-state index in [9.17, 15) is 19.7 Å². The predicted octanol–water partition coefficient (Wildman–Crippen LogP) is 0.898. The zero-order chi connectivity index (χ0) is 14.7. The lowest BCUT2D eigenvalue weighted by Crippen LogP contribution is -2.12. The summed E-state index contributed by atoms with van der Waals surface area (Å²) in [6.45, 7) is 0.195. The van der Waals surface area contributed by atoms with Crippen LogP contribution in [0.5, 0.6) is 0 Å². The SMILES string of the molecule is O=C(O)c1ccc(Cn2ccc(=O)c([N+](=O)[O-])c2)nc1. The van der Waals surface area contributed by atoms with Gasteiger partial charge in [0.25, 0.3) is 5.43 Å². The van der Waals surface area contributed by atoms with Crippen molar-refractivity contribution in [1.29, 1.82) is 0 Å². The molecule has 2 rings (SSSR count). The Morgan fingerprint density at radius 2 is 2.15 bits per heavy atom. The van der Waals surface area contributed by atoms with Crippen LogP contribution < -0.4 is 5.43 Å². The first-order chi connectivity index (χ1) is 9.47. The quantitative estimate of drug-likeness (QED) is 0.654. The molecule has 0 amide bonds. The molecular formula is C12H9N3O5. The molecule has 0 bridgehead atoms. The largest absolute Gasteiger partial charge is 0.478 e. The van der Waals surface area contributed by atoms with Crippen LogP contribution in [0.25, 0.3) is 0 Å². The Bertz CT molecular complexity index is 721. The van der Waals surface area contributed by atoms with E-state index in [1.807, 2.05) is 0 Å². The van der Waals surface area contributed by atoms with Gasteiger partial charge in [0.1, 0.15) is 0 Å². The van der Waals surface area contributed by atoms with Gasteiger partial charge in [-0.15, -0.1) is 0 Å². The van der Waals surface area contributed by atoms with Crippen molar-refractivity contribution < 1.29 is 14.8 Å². The average Bonchev–Trinajstić information content (AvgIpc) is 2.41. The van der Waals surface area contributed by atoms with Crippen molar-refractivity contribution in [2.24, 2.45) is 0 Å². The maximum atomic E-state index is 11.2. The first-order valence-electron chi connectivity index (χ1n) is 5.50. The molecule has 0 fully saturated rings. The van der Waals surface area contributed by atoms with Crippen molar-refractivity contribution in [3.63, 3.8) is 0 Å². The van der Waals surface area contributed by atoms with Crippen LogP contribution in [0.2, 0.25) is 0 Å². The summed E-state index contributed by atoms with van der Waals surface area (Å²) in [4.78, 5) is 35.8. The second-order valence-corrected chi connectivity index (χ2v) is 3.97. The zero-order valence-electron chi connectivity index (χ0n) is 10.1. The van der Waals surface area contributed by atoms with Gasteiger partial charge in [0, 0.05) is 18.5 Å². The van der Waals surface area contributed by atoms with E-state index in [1.165, 1.54) is 29.1 Å². The maximum absolute atomic E-state index is 11.2. The van der Waals surface area contributed by atoms with E-state index >= 15 is 0 Å². The number of carbonyl (C=O) groups is 1. The van der Waals surface area contributed by atoms with Gasteiger partial charge < -0.3 is 9.67 Å². The van der Waals surface area contributed by atoms with Crippen LogP contribution in [0.15, 0.2) is 41.6 Å². The number of pyridine rings is 2. The summed E-state index contributed by atoms with van der Waals surface area (Å²) < 4.78 is 1.43. The Morgan fingerprint density at radius 3 is 2.70 bits per heavy atom. The number of aromatic carboxylic acids is 1. The van der Waals surface area contributed by atoms with Crippen LogP contribution in [0, 0.1) is 10.1 Å². The highest BCUT2D eigenvalue weighted by Crippen LogP contribution is 2.06. The fraction of sp³-hybridized carbons (Fsp3) is 0.0833. The van der Waals surface area contributed by atoms with Gasteiger partial charge in [0.15, 0.2) is 0 Å². The molecule has 20 heavy (non-hydrogen) atoms. The van der Waals surface area contributed by atoms with Crippen molar-refractivity contribution >= 4 is 11.7 Å². The van der Waals surface area contributed by atoms with Gasteiger partial charge in [0.2, 0.25) is 0 Å². The number of hydrogen-bond acceptors (Lipinski definition) is 5. The van der Waals surface area contributed by atoms with E-state index in [1.54, 1.807) is 0 Å². The van der Waals surface area contributed by atoms with Gasteiger partial charge in [-0.1, -0.05) is 0 Å². The Labute approximate surface area is 112 Å². The van der Waals surface area contributed by atoms with Gasteiger partial charge in [-0.05, 0) is 12.1 Å². The molecule has 102 valence electrons. The molecule has 8 heteroatoms. The molecule has 0 unspecified atom stereocenters. The van der Waals surface area contributed by atoms with E-state index in [2.05, 4.69) is 4.98 Å². The van der Waals surface area contributed by atoms with E-state index in [0.717, 1.165) is 12.3 Å². The second kappa shape index (κ2) is 5.31. The van der Waals surface area contributed by atoms with Crippen LogP contribution in [-0.2, 0) is 6.54 Å². The number of carboxylic acids is 1. The molecule has 0 aromatic carbocycles. The first-order valence-corrected chi connectivity index (χ1v) is 5.50. The molecule has 0 aliphatic heterocycles. The molecule has 2 heterocycles. The van der Waals surface area contributed by atoms with Crippen molar-refractivity contribution in [3.05, 3.63) is 68.4 Å². The minimum Gasteiger partial charge on any atom is -0.478 e. The lowest BCUT2D eigenvalue weighted by molar-refractivity contribution is -0.386. The number of nitro groups is 1. The topological polar surface area (TPSA) is 115 Å². The number of carboxylic acid groups (broad SMARTS) is 1. The number of nitrogens with zero attached hydrogens (tertiary/aromatic N) is 3. The third-order valence-corrected chi connectivity index (χ3v) is 2.57.